The number of hydrogen-bond donors (Lipinski definition) is 8. The van der Waals surface area contributed by atoms with E-state index in [1.54, 1.807) is 77.0 Å². The van der Waals surface area contributed by atoms with Gasteiger partial charge in [-0.3, -0.25) is 28.9 Å². The number of aliphatic hydroxyl groups excluding tert-OH is 3. The van der Waals surface area contributed by atoms with Crippen molar-refractivity contribution >= 4 is 63.8 Å². The van der Waals surface area contributed by atoms with Crippen LogP contribution in [0.3, 0.4) is 0 Å². The van der Waals surface area contributed by atoms with Gasteiger partial charge < -0.3 is 93.6 Å². The first-order chi connectivity index (χ1) is 44.5. The number of Topliss-reactive ketones (excluding diaryl/α,β-unsaturated/α-hetero) is 1. The number of fused-ring (bicyclic) bond motifs is 5. The Morgan fingerprint density at radius 1 is 0.849 bits per heavy atom. The van der Waals surface area contributed by atoms with E-state index >= 15 is 0 Å². The first-order valence-corrected chi connectivity index (χ1v) is 31.2. The number of nitrogens with one attached hydrogen (secondary N) is 3. The van der Waals surface area contributed by atoms with E-state index in [-0.39, 0.29) is 72.7 Å². The Bertz CT molecular complexity index is 3390. The second-order valence-corrected chi connectivity index (χ2v) is 23.9. The molecule has 6 heterocycles. The SMILES string of the molecule is CC[C@@]1(O)C(=O)OCc2c1cc1n(c2=O)Cc2c-1nc1ccccc1c2N(C(=O)OCc1ccc(NC(=O)[C@H](C)CC(=O)[C@@H](NC(=O)COCC(=O)N(CCOCCOCCOCCOC)C2CCNCC2)C(C)C)c(O[C@@H]2O[C@H](C(=O)O)[C@@H](O)[C@H](O)[C@H]2O)c1)C(C)C. The van der Waals surface area contributed by atoms with Crippen LogP contribution in [0.25, 0.3) is 22.3 Å². The number of carboxylic acid groups (broad SMARTS) is 1. The lowest BCUT2D eigenvalue weighted by Gasteiger charge is -2.38. The Hall–Kier alpha value is -7.55. The zero-order chi connectivity index (χ0) is 67.3. The van der Waals surface area contributed by atoms with Crippen molar-refractivity contribution in [1.82, 2.24) is 25.1 Å². The van der Waals surface area contributed by atoms with E-state index in [0.29, 0.717) is 79.7 Å². The lowest BCUT2D eigenvalue weighted by atomic mass is 9.86. The van der Waals surface area contributed by atoms with Crippen molar-refractivity contribution in [1.29, 1.82) is 0 Å². The number of para-hydroxylation sites is 1. The highest BCUT2D eigenvalue weighted by atomic mass is 16.7. The van der Waals surface area contributed by atoms with Crippen LogP contribution >= 0.6 is 0 Å². The van der Waals surface area contributed by atoms with Gasteiger partial charge in [-0.15, -0.1) is 0 Å². The molecule has 4 amide bonds. The topological polar surface area (TPSA) is 381 Å². The molecule has 4 aromatic rings. The maximum atomic E-state index is 14.7. The molecule has 29 nitrogen and oxygen atoms in total. The van der Waals surface area contributed by atoms with Crippen molar-refractivity contribution in [2.45, 2.75) is 141 Å². The largest absolute Gasteiger partial charge is 0.479 e. The molecule has 4 aliphatic heterocycles. The molecule has 2 aromatic heterocycles. The maximum absolute atomic E-state index is 14.7. The molecular weight excluding hydrogens is 1220 g/mol. The monoisotopic (exact) mass is 1300 g/mol. The smallest absolute Gasteiger partial charge is 0.414 e. The predicted molar refractivity (Wildman–Crippen MR) is 331 cm³/mol. The Morgan fingerprint density at radius 3 is 2.20 bits per heavy atom. The summed E-state index contributed by atoms with van der Waals surface area (Å²) in [4.78, 5) is 117. The van der Waals surface area contributed by atoms with Crippen LogP contribution in [0.15, 0.2) is 53.3 Å². The number of hydrogen-bond acceptors (Lipinski definition) is 23. The second-order valence-electron chi connectivity index (χ2n) is 23.9. The number of nitrogens with zero attached hydrogens (tertiary/aromatic N) is 4. The molecule has 0 radical (unpaired) electrons. The third-order valence-electron chi connectivity index (χ3n) is 16.7. The number of carbonyl (C=O) groups excluding carboxylic acids is 6. The van der Waals surface area contributed by atoms with E-state index in [4.69, 9.17) is 47.6 Å². The molecule has 508 valence electrons. The van der Waals surface area contributed by atoms with Gasteiger partial charge in [0.05, 0.1) is 92.7 Å². The first-order valence-electron chi connectivity index (χ1n) is 31.2. The molecular formula is C64H85N7O22. The van der Waals surface area contributed by atoms with Gasteiger partial charge in [0.25, 0.3) is 5.56 Å². The number of methoxy groups -OCH3 is 1. The number of aliphatic carboxylic acids is 1. The number of ketones is 1. The van der Waals surface area contributed by atoms with Crippen molar-refractivity contribution in [2.24, 2.45) is 11.8 Å². The van der Waals surface area contributed by atoms with Crippen LogP contribution in [0.4, 0.5) is 16.2 Å². The van der Waals surface area contributed by atoms with Crippen molar-refractivity contribution in [3.63, 3.8) is 0 Å². The average Bonchev–Trinajstić information content (AvgIpc) is 1.61. The minimum atomic E-state index is -2.09. The van der Waals surface area contributed by atoms with E-state index in [2.05, 4.69) is 16.0 Å². The fourth-order valence-electron chi connectivity index (χ4n) is 11.6. The third kappa shape index (κ3) is 16.9. The highest BCUT2D eigenvalue weighted by Crippen LogP contribution is 2.44. The van der Waals surface area contributed by atoms with Crippen LogP contribution in [0.1, 0.15) is 89.5 Å². The van der Waals surface area contributed by atoms with Crippen LogP contribution in [-0.4, -0.2) is 217 Å². The number of aliphatic hydroxyl groups is 4. The number of rotatable bonds is 32. The number of ether oxygens (including phenoxy) is 9. The summed E-state index contributed by atoms with van der Waals surface area (Å²) < 4.78 is 51.3. The minimum absolute atomic E-state index is 0.0547. The third-order valence-corrected chi connectivity index (χ3v) is 16.7. The van der Waals surface area contributed by atoms with E-state index in [9.17, 15) is 63.9 Å². The number of pyridine rings is 2. The number of carboxylic acids is 1. The van der Waals surface area contributed by atoms with Crippen molar-refractivity contribution in [2.75, 3.05) is 96.4 Å². The molecule has 2 fully saturated rings. The number of anilines is 2. The molecule has 0 bridgehead atoms. The molecule has 0 saturated carbocycles. The molecule has 8 rings (SSSR count). The molecule has 2 saturated heterocycles. The summed E-state index contributed by atoms with van der Waals surface area (Å²) in [7, 11) is 1.59. The van der Waals surface area contributed by atoms with Gasteiger partial charge in [-0.2, -0.15) is 0 Å². The van der Waals surface area contributed by atoms with Gasteiger partial charge in [0.15, 0.2) is 17.5 Å². The van der Waals surface area contributed by atoms with Crippen LogP contribution in [0, 0.1) is 11.8 Å². The number of aromatic nitrogens is 2. The Morgan fingerprint density at radius 2 is 1.54 bits per heavy atom. The lowest BCUT2D eigenvalue weighted by Crippen LogP contribution is -2.61. The highest BCUT2D eigenvalue weighted by molar-refractivity contribution is 6.05. The zero-order valence-corrected chi connectivity index (χ0v) is 53.3. The number of esters is 1. The highest BCUT2D eigenvalue weighted by Gasteiger charge is 2.49. The molecule has 93 heavy (non-hydrogen) atoms. The second kappa shape index (κ2) is 32.5. The molecule has 8 N–H and O–H groups in total. The van der Waals surface area contributed by atoms with Gasteiger partial charge in [0.1, 0.15) is 50.5 Å². The maximum Gasteiger partial charge on any atom is 0.414 e. The summed E-state index contributed by atoms with van der Waals surface area (Å²) in [5.74, 6) is -6.66. The van der Waals surface area contributed by atoms with E-state index < -0.39 is 121 Å². The summed E-state index contributed by atoms with van der Waals surface area (Å²) in [6.07, 6.45) is -10.1. The van der Waals surface area contributed by atoms with Crippen molar-refractivity contribution < 1.29 is 102 Å². The fraction of sp³-hybridized carbons (Fsp3) is 0.578. The van der Waals surface area contributed by atoms with E-state index in [0.717, 1.165) is 25.9 Å². The summed E-state index contributed by atoms with van der Waals surface area (Å²) in [6.45, 7) is 12.6. The number of carbonyl (C=O) groups is 7. The summed E-state index contributed by atoms with van der Waals surface area (Å²) in [5.41, 5.74) is -0.357. The summed E-state index contributed by atoms with van der Waals surface area (Å²) in [6, 6.07) is 10.9. The molecule has 0 aliphatic carbocycles. The molecule has 29 heteroatoms. The quantitative estimate of drug-likeness (QED) is 0.0225. The number of benzene rings is 2. The first kappa shape index (κ1) is 71.3. The van der Waals surface area contributed by atoms with Gasteiger partial charge in [0, 0.05) is 54.6 Å². The average molecular weight is 1300 g/mol. The van der Waals surface area contributed by atoms with Gasteiger partial charge in [-0.1, -0.05) is 52.0 Å². The molecule has 0 spiro atoms. The van der Waals surface area contributed by atoms with Crippen LogP contribution < -0.4 is 31.1 Å². The van der Waals surface area contributed by atoms with E-state index in [1.165, 1.54) is 34.6 Å². The Balaban J connectivity index is 0.934. The lowest BCUT2D eigenvalue weighted by molar-refractivity contribution is -0.271. The molecule has 2 aromatic carbocycles. The molecule has 0 unspecified atom stereocenters. The molecule has 8 atom stereocenters. The number of amides is 4. The van der Waals surface area contributed by atoms with Crippen LogP contribution in [0.5, 0.6) is 5.75 Å². The number of piperidine rings is 1. The van der Waals surface area contributed by atoms with Crippen molar-refractivity contribution in [3.05, 3.63) is 81.1 Å². The molecule has 4 aliphatic rings. The predicted octanol–water partition coefficient (Wildman–Crippen LogP) is 1.87. The van der Waals surface area contributed by atoms with Crippen molar-refractivity contribution in [3.8, 4) is 17.1 Å². The fourth-order valence-corrected chi connectivity index (χ4v) is 11.6. The summed E-state index contributed by atoms with van der Waals surface area (Å²) in [5, 5.41) is 62.7. The number of cyclic esters (lactones) is 1. The normalized spacial score (nSPS) is 20.9. The van der Waals surface area contributed by atoms with Crippen LogP contribution in [0.2, 0.25) is 0 Å². The van der Waals surface area contributed by atoms with Crippen LogP contribution in [-0.2, 0) is 92.0 Å². The standard InChI is InChI=1S/C64H85N7O22/c1-8-64(84)43-29-46-52-41(30-70(46)59(79)42(43)32-90-62(64)82)53(40-11-9-10-12-44(40)66-52)71(36(4)5)63(83)91-31-38-13-14-45(48(28-38)92-61-56(77)54(75)55(76)57(93-61)60(80)81)67-58(78)37(6)27-47(72)51(35(2)3)68-49(73)33-89-34-50(74)69(39-15-17-65-18-16-39)19-20-86-23-24-88-26-25-87-22-21-85-7/h9-14,28-29,35-37,39,51,54-57,61,65,75-77,84H,8,15-27,30-34H2,1-7H3,(H,67,78)(H,68,73)(H,80,81)/t37-,51+,54+,55+,56-,57+,61-,64+/m1/s1. The zero-order valence-electron chi connectivity index (χ0n) is 53.3. The van der Waals surface area contributed by atoms with Gasteiger partial charge in [-0.25, -0.2) is 19.4 Å². The van der Waals surface area contributed by atoms with Gasteiger partial charge in [-0.05, 0) is 81.9 Å². The van der Waals surface area contributed by atoms with E-state index in [1.807, 2.05) is 0 Å². The Kier molecular flexibility index (Phi) is 24.9. The Labute approximate surface area is 536 Å². The minimum Gasteiger partial charge on any atom is -0.479 e. The van der Waals surface area contributed by atoms with Gasteiger partial charge >= 0.3 is 18.0 Å². The van der Waals surface area contributed by atoms with Gasteiger partial charge in [0.2, 0.25) is 24.0 Å². The summed E-state index contributed by atoms with van der Waals surface area (Å²) >= 11 is 0.